The summed E-state index contributed by atoms with van der Waals surface area (Å²) in [4.78, 5) is 41.9. The first-order valence-electron chi connectivity index (χ1n) is 5.27. The molecule has 1 aromatic heterocycles. The third-order valence-electron chi connectivity index (χ3n) is 2.05. The zero-order valence-corrected chi connectivity index (χ0v) is 10.3. The van der Waals surface area contributed by atoms with E-state index in [2.05, 4.69) is 12.6 Å². The second-order valence-electron chi connectivity index (χ2n) is 3.66. The highest BCUT2D eigenvalue weighted by Crippen LogP contribution is 2.04. The van der Waals surface area contributed by atoms with E-state index in [4.69, 9.17) is 4.84 Å². The Morgan fingerprint density at radius 2 is 1.82 bits per heavy atom. The van der Waals surface area contributed by atoms with Gasteiger partial charge in [-0.1, -0.05) is 11.7 Å². The van der Waals surface area contributed by atoms with Crippen molar-refractivity contribution in [1.82, 2.24) is 14.7 Å². The summed E-state index contributed by atoms with van der Waals surface area (Å²) in [6.45, 7) is 2.22. The smallest absolute Gasteiger partial charge is 0.367 e. The van der Waals surface area contributed by atoms with E-state index in [9.17, 15) is 14.4 Å². The normalized spacial score (nSPS) is 12.4. The van der Waals surface area contributed by atoms with Crippen LogP contribution >= 0.6 is 12.6 Å². The summed E-state index contributed by atoms with van der Waals surface area (Å²) in [5.41, 5.74) is -2.59. The average molecular weight is 261 g/mol. The number of H-pyrrole nitrogens is 2. The molecule has 0 amide bonds. The van der Waals surface area contributed by atoms with Gasteiger partial charge in [-0.25, -0.2) is 14.4 Å². The Kier molecular flexibility index (Phi) is 5.08. The molecule has 1 aromatic rings. The fourth-order valence-corrected chi connectivity index (χ4v) is 1.42. The topological polar surface area (TPSA) is 96.9 Å². The Morgan fingerprint density at radius 1 is 1.24 bits per heavy atom. The molecule has 1 atom stereocenters. The molecule has 0 aromatic carbocycles. The Balaban J connectivity index is 2.51. The number of nitrogens with one attached hydrogen (secondary N) is 2. The Morgan fingerprint density at radius 3 is 2.35 bits per heavy atom. The lowest BCUT2D eigenvalue weighted by Gasteiger charge is -2.06. The van der Waals surface area contributed by atoms with Gasteiger partial charge in [0.05, 0.1) is 0 Å². The first-order valence-corrected chi connectivity index (χ1v) is 5.79. The van der Waals surface area contributed by atoms with Gasteiger partial charge in [0.25, 0.3) is 0 Å². The molecule has 0 saturated heterocycles. The number of aromatic nitrogens is 3. The predicted octanol–water partition coefficient (Wildman–Crippen LogP) is -0.858. The van der Waals surface area contributed by atoms with Crippen LogP contribution in [0.1, 0.15) is 26.2 Å². The van der Waals surface area contributed by atoms with Crippen LogP contribution in [-0.4, -0.2) is 26.6 Å². The monoisotopic (exact) mass is 261 g/mol. The molecule has 0 aliphatic heterocycles. The molecular weight excluding hydrogens is 246 g/mol. The van der Waals surface area contributed by atoms with Crippen molar-refractivity contribution in [3.8, 4) is 0 Å². The molecule has 1 unspecified atom stereocenters. The number of aromatic amines is 2. The summed E-state index contributed by atoms with van der Waals surface area (Å²) in [6, 6.07) is 0. The lowest BCUT2D eigenvalue weighted by molar-refractivity contribution is 0.0840. The van der Waals surface area contributed by atoms with Crippen molar-refractivity contribution in [2.75, 3.05) is 6.61 Å². The van der Waals surface area contributed by atoms with Crippen LogP contribution in [0.25, 0.3) is 0 Å². The number of unbranched alkanes of at least 4 members (excludes halogenated alkanes) is 1. The van der Waals surface area contributed by atoms with Gasteiger partial charge < -0.3 is 4.84 Å². The van der Waals surface area contributed by atoms with Crippen LogP contribution in [0.4, 0.5) is 0 Å². The van der Waals surface area contributed by atoms with Crippen LogP contribution in [0.15, 0.2) is 14.4 Å². The molecule has 0 spiro atoms. The highest BCUT2D eigenvalue weighted by molar-refractivity contribution is 7.80. The maximum Gasteiger partial charge on any atom is 0.367 e. The van der Waals surface area contributed by atoms with E-state index >= 15 is 0 Å². The van der Waals surface area contributed by atoms with E-state index in [1.54, 1.807) is 0 Å². The Hall–Kier alpha value is -1.44. The zero-order chi connectivity index (χ0) is 12.8. The number of nitrogens with zero attached hydrogens (tertiary/aromatic N) is 1. The van der Waals surface area contributed by atoms with E-state index < -0.39 is 17.1 Å². The van der Waals surface area contributed by atoms with Gasteiger partial charge in [-0.2, -0.15) is 12.6 Å². The molecule has 1 heterocycles. The first-order chi connectivity index (χ1) is 8.00. The van der Waals surface area contributed by atoms with Crippen LogP contribution in [0.2, 0.25) is 0 Å². The van der Waals surface area contributed by atoms with E-state index in [1.807, 2.05) is 16.9 Å². The van der Waals surface area contributed by atoms with Gasteiger partial charge in [0.15, 0.2) is 0 Å². The van der Waals surface area contributed by atoms with Crippen LogP contribution in [-0.2, 0) is 0 Å². The third kappa shape index (κ3) is 4.51. The van der Waals surface area contributed by atoms with Crippen molar-refractivity contribution in [3.63, 3.8) is 0 Å². The van der Waals surface area contributed by atoms with E-state index in [1.165, 1.54) is 0 Å². The summed E-state index contributed by atoms with van der Waals surface area (Å²) in [7, 11) is 0. The van der Waals surface area contributed by atoms with Gasteiger partial charge in [-0.15, -0.1) is 0 Å². The summed E-state index contributed by atoms with van der Waals surface area (Å²) in [6.07, 6.45) is 2.53. The van der Waals surface area contributed by atoms with Crippen LogP contribution < -0.4 is 21.9 Å². The Bertz CT molecular complexity index is 482. The van der Waals surface area contributed by atoms with Crippen molar-refractivity contribution < 1.29 is 4.84 Å². The fraction of sp³-hybridized carbons (Fsp3) is 0.667. The van der Waals surface area contributed by atoms with E-state index in [-0.39, 0.29) is 6.61 Å². The molecule has 0 aliphatic carbocycles. The fourth-order valence-electron chi connectivity index (χ4n) is 1.23. The van der Waals surface area contributed by atoms with Crippen LogP contribution in [0.5, 0.6) is 0 Å². The van der Waals surface area contributed by atoms with Crippen molar-refractivity contribution in [2.24, 2.45) is 0 Å². The molecule has 7 nitrogen and oxygen atoms in total. The van der Waals surface area contributed by atoms with Crippen LogP contribution in [0, 0.1) is 0 Å². The maximum absolute atomic E-state index is 11.2. The summed E-state index contributed by atoms with van der Waals surface area (Å²) in [5, 5.41) is 0.314. The molecule has 0 radical (unpaired) electrons. The lowest BCUT2D eigenvalue weighted by Crippen LogP contribution is -2.46. The van der Waals surface area contributed by atoms with Crippen molar-refractivity contribution in [2.45, 2.75) is 31.4 Å². The molecule has 96 valence electrons. The highest BCUT2D eigenvalue weighted by Gasteiger charge is 2.03. The maximum atomic E-state index is 11.2. The SMILES string of the molecule is CC(S)CCCCOn1c(=O)[nH]c(=O)[nH]c1=O. The third-order valence-corrected chi connectivity index (χ3v) is 2.30. The minimum absolute atomic E-state index is 0.232. The minimum Gasteiger partial charge on any atom is -0.405 e. The minimum atomic E-state index is -0.874. The van der Waals surface area contributed by atoms with Gasteiger partial charge in [-0.05, 0) is 24.5 Å². The average Bonchev–Trinajstić information content (AvgIpc) is 2.20. The van der Waals surface area contributed by atoms with Gasteiger partial charge in [0.2, 0.25) is 0 Å². The predicted molar refractivity (Wildman–Crippen MR) is 65.7 cm³/mol. The van der Waals surface area contributed by atoms with Crippen LogP contribution in [0.3, 0.4) is 0 Å². The molecule has 0 saturated carbocycles. The molecule has 0 aliphatic rings. The molecular formula is C9H15N3O4S. The van der Waals surface area contributed by atoms with Gasteiger partial charge in [0, 0.05) is 0 Å². The van der Waals surface area contributed by atoms with Crippen molar-refractivity contribution in [3.05, 3.63) is 31.5 Å². The van der Waals surface area contributed by atoms with Crippen molar-refractivity contribution >= 4 is 12.6 Å². The molecule has 2 N–H and O–H groups in total. The second kappa shape index (κ2) is 6.33. The molecule has 1 rings (SSSR count). The standard InChI is InChI=1S/C9H15N3O4S/c1-6(17)4-2-3-5-16-12-8(14)10-7(13)11-9(12)15/h6,17H,2-5H2,1H3,(H2,10,11,13,14,15). The second-order valence-corrected chi connectivity index (χ2v) is 4.54. The summed E-state index contributed by atoms with van der Waals surface area (Å²) >= 11 is 4.22. The number of thiol groups is 1. The molecule has 8 heteroatoms. The van der Waals surface area contributed by atoms with Gasteiger partial charge in [0.1, 0.15) is 6.61 Å². The van der Waals surface area contributed by atoms with E-state index in [0.717, 1.165) is 12.8 Å². The lowest BCUT2D eigenvalue weighted by atomic mass is 10.2. The summed E-state index contributed by atoms with van der Waals surface area (Å²) < 4.78 is 0.505. The number of hydrogen-bond donors (Lipinski definition) is 3. The molecule has 0 bridgehead atoms. The Labute approximate surface area is 102 Å². The largest absolute Gasteiger partial charge is 0.405 e. The van der Waals surface area contributed by atoms with Gasteiger partial charge in [-0.3, -0.25) is 9.97 Å². The van der Waals surface area contributed by atoms with Gasteiger partial charge >= 0.3 is 17.1 Å². The number of hydrogen-bond acceptors (Lipinski definition) is 5. The van der Waals surface area contributed by atoms with Crippen molar-refractivity contribution in [1.29, 1.82) is 0 Å². The molecule has 17 heavy (non-hydrogen) atoms. The highest BCUT2D eigenvalue weighted by atomic mass is 32.1. The quantitative estimate of drug-likeness (QED) is 0.458. The molecule has 0 fully saturated rings. The number of rotatable bonds is 6. The summed E-state index contributed by atoms with van der Waals surface area (Å²) in [5.74, 6) is 0. The van der Waals surface area contributed by atoms with E-state index in [0.29, 0.717) is 16.4 Å². The first kappa shape index (κ1) is 13.6. The zero-order valence-electron chi connectivity index (χ0n) is 9.43.